The first-order valence-corrected chi connectivity index (χ1v) is 12.2. The Morgan fingerprint density at radius 3 is 2.51 bits per heavy atom. The van der Waals surface area contributed by atoms with Crippen LogP contribution in [0.15, 0.2) is 71.5 Å². The van der Waals surface area contributed by atoms with E-state index in [2.05, 4.69) is 41.3 Å². The zero-order chi connectivity index (χ0) is 24.2. The molecular formula is C29H31N3O3. The number of amides is 1. The summed E-state index contributed by atoms with van der Waals surface area (Å²) in [7, 11) is 1.53. The molecule has 0 saturated heterocycles. The van der Waals surface area contributed by atoms with Crippen LogP contribution in [0.3, 0.4) is 0 Å². The molecule has 1 amide bonds. The van der Waals surface area contributed by atoms with Crippen LogP contribution in [0.4, 0.5) is 0 Å². The van der Waals surface area contributed by atoms with Gasteiger partial charge in [-0.25, -0.2) is 0 Å². The number of benzene rings is 2. The maximum atomic E-state index is 13.8. The molecule has 0 spiro atoms. The minimum Gasteiger partial charge on any atom is -0.496 e. The van der Waals surface area contributed by atoms with Crippen LogP contribution in [0.1, 0.15) is 32.7 Å². The van der Waals surface area contributed by atoms with E-state index in [1.807, 2.05) is 35.2 Å². The lowest BCUT2D eigenvalue weighted by molar-refractivity contribution is 0.0728. The Hall–Kier alpha value is -3.64. The summed E-state index contributed by atoms with van der Waals surface area (Å²) in [5.41, 5.74) is 4.86. The number of ether oxygens (including phenoxy) is 1. The van der Waals surface area contributed by atoms with Crippen LogP contribution in [0.2, 0.25) is 0 Å². The second-order valence-electron chi connectivity index (χ2n) is 9.13. The van der Waals surface area contributed by atoms with Crippen molar-refractivity contribution in [3.8, 4) is 5.75 Å². The highest BCUT2D eigenvalue weighted by atomic mass is 16.5. The Kier molecular flexibility index (Phi) is 6.82. The molecule has 0 fully saturated rings. The Labute approximate surface area is 206 Å². The average Bonchev–Trinajstić information content (AvgIpc) is 3.12. The Morgan fingerprint density at radius 1 is 0.943 bits per heavy atom. The van der Waals surface area contributed by atoms with Gasteiger partial charge in [0.2, 0.25) is 0 Å². The molecule has 3 aromatic rings. The summed E-state index contributed by atoms with van der Waals surface area (Å²) in [5.74, 6) is 0.319. The van der Waals surface area contributed by atoms with Gasteiger partial charge in [-0.05, 0) is 23.1 Å². The fourth-order valence-electron chi connectivity index (χ4n) is 5.10. The molecule has 0 aliphatic carbocycles. The Morgan fingerprint density at radius 2 is 1.71 bits per heavy atom. The van der Waals surface area contributed by atoms with Crippen molar-refractivity contribution in [2.75, 3.05) is 33.3 Å². The molecule has 0 atom stereocenters. The maximum absolute atomic E-state index is 13.8. The van der Waals surface area contributed by atoms with E-state index in [0.717, 1.165) is 31.7 Å². The van der Waals surface area contributed by atoms with Crippen molar-refractivity contribution in [2.45, 2.75) is 25.9 Å². The second-order valence-corrected chi connectivity index (χ2v) is 9.13. The third kappa shape index (κ3) is 4.93. The standard InChI is InChI=1S/C29H31N3O3/c1-35-26-20-27(33)32-19-18-30(15-7-10-22-8-3-2-4-9-22)16-14-25(32)28(26)29(34)31-17-13-23-11-5-6-12-24(23)21-31/h2-12,20H,13-19,21H2,1H3. The highest BCUT2D eigenvalue weighted by molar-refractivity contribution is 5.98. The molecule has 5 rings (SSSR count). The van der Waals surface area contributed by atoms with Gasteiger partial charge in [-0.3, -0.25) is 14.5 Å². The molecule has 6 heteroatoms. The van der Waals surface area contributed by atoms with Crippen LogP contribution in [-0.4, -0.2) is 53.6 Å². The molecule has 1 aromatic heterocycles. The lowest BCUT2D eigenvalue weighted by Gasteiger charge is -2.30. The van der Waals surface area contributed by atoms with Crippen molar-refractivity contribution >= 4 is 12.0 Å². The van der Waals surface area contributed by atoms with Crippen LogP contribution in [-0.2, 0) is 25.9 Å². The van der Waals surface area contributed by atoms with E-state index in [0.29, 0.717) is 37.4 Å². The first kappa shape index (κ1) is 23.1. The van der Waals surface area contributed by atoms with Crippen molar-refractivity contribution in [1.29, 1.82) is 0 Å². The van der Waals surface area contributed by atoms with Crippen LogP contribution in [0.5, 0.6) is 5.75 Å². The molecular weight excluding hydrogens is 438 g/mol. The van der Waals surface area contributed by atoms with Crippen molar-refractivity contribution in [3.05, 3.63) is 105 Å². The molecule has 35 heavy (non-hydrogen) atoms. The number of hydrogen-bond acceptors (Lipinski definition) is 4. The van der Waals surface area contributed by atoms with Gasteiger partial charge in [0.15, 0.2) is 0 Å². The zero-order valence-electron chi connectivity index (χ0n) is 20.2. The van der Waals surface area contributed by atoms with Crippen LogP contribution in [0.25, 0.3) is 6.08 Å². The van der Waals surface area contributed by atoms with Crippen molar-refractivity contribution in [2.24, 2.45) is 0 Å². The van der Waals surface area contributed by atoms with E-state index in [-0.39, 0.29) is 11.5 Å². The molecule has 2 aliphatic heterocycles. The quantitative estimate of drug-likeness (QED) is 0.573. The largest absolute Gasteiger partial charge is 0.496 e. The highest BCUT2D eigenvalue weighted by Gasteiger charge is 2.29. The summed E-state index contributed by atoms with van der Waals surface area (Å²) < 4.78 is 7.34. The monoisotopic (exact) mass is 469 g/mol. The summed E-state index contributed by atoms with van der Waals surface area (Å²) in [4.78, 5) is 31.0. The summed E-state index contributed by atoms with van der Waals surface area (Å²) in [6.07, 6.45) is 5.74. The predicted molar refractivity (Wildman–Crippen MR) is 138 cm³/mol. The van der Waals surface area contributed by atoms with Crippen LogP contribution < -0.4 is 10.3 Å². The normalized spacial score (nSPS) is 16.0. The molecule has 3 heterocycles. The van der Waals surface area contributed by atoms with E-state index in [4.69, 9.17) is 4.74 Å². The SMILES string of the molecule is COc1cc(=O)n2c(c1C(=O)N1CCc3ccccc3C1)CCN(CC=Cc1ccccc1)CC2. The fourth-order valence-corrected chi connectivity index (χ4v) is 5.10. The van der Waals surface area contributed by atoms with Gasteiger partial charge in [-0.15, -0.1) is 0 Å². The summed E-state index contributed by atoms with van der Waals surface area (Å²) >= 11 is 0. The molecule has 2 aromatic carbocycles. The third-order valence-electron chi connectivity index (χ3n) is 7.01. The van der Waals surface area contributed by atoms with E-state index in [1.54, 1.807) is 4.57 Å². The van der Waals surface area contributed by atoms with Gasteiger partial charge >= 0.3 is 0 Å². The summed E-state index contributed by atoms with van der Waals surface area (Å²) in [6, 6.07) is 20.0. The van der Waals surface area contributed by atoms with Gasteiger partial charge in [-0.2, -0.15) is 0 Å². The number of aromatic nitrogens is 1. The van der Waals surface area contributed by atoms with Gasteiger partial charge in [0.25, 0.3) is 11.5 Å². The van der Waals surface area contributed by atoms with Crippen molar-refractivity contribution < 1.29 is 9.53 Å². The number of nitrogens with zero attached hydrogens (tertiary/aromatic N) is 3. The van der Waals surface area contributed by atoms with Crippen LogP contribution in [0, 0.1) is 0 Å². The third-order valence-corrected chi connectivity index (χ3v) is 7.01. The molecule has 0 N–H and O–H groups in total. The van der Waals surface area contributed by atoms with E-state index < -0.39 is 0 Å². The average molecular weight is 470 g/mol. The number of methoxy groups -OCH3 is 1. The molecule has 2 aliphatic rings. The number of pyridine rings is 1. The maximum Gasteiger partial charge on any atom is 0.259 e. The van der Waals surface area contributed by atoms with E-state index in [9.17, 15) is 9.59 Å². The first-order valence-electron chi connectivity index (χ1n) is 12.2. The second kappa shape index (κ2) is 10.3. The van der Waals surface area contributed by atoms with Gasteiger partial charge in [-0.1, -0.05) is 66.7 Å². The predicted octanol–water partition coefficient (Wildman–Crippen LogP) is 3.63. The van der Waals surface area contributed by atoms with Gasteiger partial charge in [0, 0.05) is 57.4 Å². The topological polar surface area (TPSA) is 54.8 Å². The minimum atomic E-state index is -0.112. The summed E-state index contributed by atoms with van der Waals surface area (Å²) in [6.45, 7) is 4.11. The zero-order valence-corrected chi connectivity index (χ0v) is 20.2. The molecule has 0 bridgehead atoms. The van der Waals surface area contributed by atoms with Gasteiger partial charge in [0.05, 0.1) is 7.11 Å². The molecule has 0 saturated carbocycles. The smallest absolute Gasteiger partial charge is 0.259 e. The fraction of sp³-hybridized carbons (Fsp3) is 0.310. The van der Waals surface area contributed by atoms with E-state index in [1.165, 1.54) is 29.9 Å². The lowest BCUT2D eigenvalue weighted by Crippen LogP contribution is -2.38. The van der Waals surface area contributed by atoms with Gasteiger partial charge in [0.1, 0.15) is 11.3 Å². The molecule has 6 nitrogen and oxygen atoms in total. The van der Waals surface area contributed by atoms with E-state index >= 15 is 0 Å². The van der Waals surface area contributed by atoms with Crippen molar-refractivity contribution in [1.82, 2.24) is 14.4 Å². The number of carbonyl (C=O) groups is 1. The molecule has 0 radical (unpaired) electrons. The van der Waals surface area contributed by atoms with Crippen LogP contribution >= 0.6 is 0 Å². The molecule has 180 valence electrons. The summed E-state index contributed by atoms with van der Waals surface area (Å²) in [5, 5.41) is 0. The number of carbonyl (C=O) groups excluding carboxylic acids is 1. The minimum absolute atomic E-state index is 0.0578. The van der Waals surface area contributed by atoms with Gasteiger partial charge < -0.3 is 14.2 Å². The lowest BCUT2D eigenvalue weighted by atomic mass is 9.98. The Balaban J connectivity index is 1.38. The number of fused-ring (bicyclic) bond motifs is 2. The number of rotatable bonds is 5. The Bertz CT molecular complexity index is 1300. The number of hydrogen-bond donors (Lipinski definition) is 0. The highest BCUT2D eigenvalue weighted by Crippen LogP contribution is 2.27. The first-order chi connectivity index (χ1) is 17.1. The molecule has 0 unspecified atom stereocenters. The van der Waals surface area contributed by atoms with Crippen molar-refractivity contribution in [3.63, 3.8) is 0 Å².